The number of ether oxygens (including phenoxy) is 3. The molecule has 2 heterocycles. The summed E-state index contributed by atoms with van der Waals surface area (Å²) in [5.41, 5.74) is 7.07. The first-order valence-electron chi connectivity index (χ1n) is 4.34. The van der Waals surface area contributed by atoms with Gasteiger partial charge in [-0.15, -0.1) is 0 Å². The van der Waals surface area contributed by atoms with Crippen molar-refractivity contribution in [3.05, 3.63) is 17.8 Å². The Morgan fingerprint density at radius 2 is 2.21 bits per heavy atom. The number of aromatic nitrogens is 1. The molecule has 14 heavy (non-hydrogen) atoms. The van der Waals surface area contributed by atoms with E-state index in [1.807, 2.05) is 0 Å². The lowest BCUT2D eigenvalue weighted by atomic mass is 10.2. The fraction of sp³-hybridized carbons (Fsp3) is 0.444. The van der Waals surface area contributed by atoms with Gasteiger partial charge >= 0.3 is 0 Å². The van der Waals surface area contributed by atoms with Crippen LogP contribution in [0, 0.1) is 0 Å². The molecule has 0 aromatic carbocycles. The maximum absolute atomic E-state index is 5.75. The van der Waals surface area contributed by atoms with E-state index in [0.29, 0.717) is 24.8 Å². The van der Waals surface area contributed by atoms with Crippen LogP contribution in [0.2, 0.25) is 0 Å². The van der Waals surface area contributed by atoms with Crippen LogP contribution in [0.3, 0.4) is 0 Å². The zero-order valence-electron chi connectivity index (χ0n) is 7.90. The fourth-order valence-electron chi connectivity index (χ4n) is 1.32. The molecule has 0 atom stereocenters. The number of pyridine rings is 1. The second-order valence-electron chi connectivity index (χ2n) is 2.93. The van der Waals surface area contributed by atoms with Crippen molar-refractivity contribution in [2.45, 2.75) is 6.29 Å². The average molecular weight is 196 g/mol. The number of nitrogen functional groups attached to an aromatic ring is 1. The minimum absolute atomic E-state index is 0.383. The number of nitrogens with zero attached hydrogens (tertiary/aromatic N) is 1. The molecule has 0 saturated carbocycles. The molecular weight excluding hydrogens is 184 g/mol. The van der Waals surface area contributed by atoms with Gasteiger partial charge in [-0.1, -0.05) is 0 Å². The summed E-state index contributed by atoms with van der Waals surface area (Å²) < 4.78 is 15.7. The molecule has 1 saturated heterocycles. The highest BCUT2D eigenvalue weighted by molar-refractivity contribution is 5.47. The fourth-order valence-corrected chi connectivity index (χ4v) is 1.32. The van der Waals surface area contributed by atoms with E-state index < -0.39 is 0 Å². The third-order valence-corrected chi connectivity index (χ3v) is 2.03. The first-order valence-corrected chi connectivity index (χ1v) is 4.34. The van der Waals surface area contributed by atoms with Crippen molar-refractivity contribution in [1.82, 2.24) is 4.98 Å². The van der Waals surface area contributed by atoms with Crippen LogP contribution in [0.5, 0.6) is 5.88 Å². The summed E-state index contributed by atoms with van der Waals surface area (Å²) in [5, 5.41) is 0. The predicted octanol–water partition coefficient (Wildman–Crippen LogP) is 0.718. The topological polar surface area (TPSA) is 66.6 Å². The van der Waals surface area contributed by atoms with Crippen molar-refractivity contribution in [1.29, 1.82) is 0 Å². The van der Waals surface area contributed by atoms with Gasteiger partial charge in [-0.25, -0.2) is 4.98 Å². The summed E-state index contributed by atoms with van der Waals surface area (Å²) in [5.74, 6) is 0.508. The normalized spacial score (nSPS) is 17.2. The van der Waals surface area contributed by atoms with E-state index in [9.17, 15) is 0 Å². The summed E-state index contributed by atoms with van der Waals surface area (Å²) in [6, 6.07) is 1.73. The zero-order chi connectivity index (χ0) is 9.97. The molecule has 2 rings (SSSR count). The van der Waals surface area contributed by atoms with Crippen molar-refractivity contribution >= 4 is 5.69 Å². The molecule has 0 bridgehead atoms. The highest BCUT2D eigenvalue weighted by Crippen LogP contribution is 2.29. The van der Waals surface area contributed by atoms with Gasteiger partial charge in [-0.05, 0) is 0 Å². The molecule has 5 heteroatoms. The van der Waals surface area contributed by atoms with Gasteiger partial charge in [-0.2, -0.15) is 0 Å². The van der Waals surface area contributed by atoms with Crippen molar-refractivity contribution in [3.8, 4) is 5.88 Å². The Balaban J connectivity index is 2.29. The van der Waals surface area contributed by atoms with Crippen LogP contribution in [-0.4, -0.2) is 25.3 Å². The summed E-state index contributed by atoms with van der Waals surface area (Å²) in [4.78, 5) is 3.97. The van der Waals surface area contributed by atoms with E-state index in [2.05, 4.69) is 4.98 Å². The molecule has 0 amide bonds. The smallest absolute Gasteiger partial charge is 0.213 e. The monoisotopic (exact) mass is 196 g/mol. The highest BCUT2D eigenvalue weighted by Gasteiger charge is 2.21. The average Bonchev–Trinajstić information content (AvgIpc) is 2.71. The second kappa shape index (κ2) is 3.81. The van der Waals surface area contributed by atoms with Gasteiger partial charge in [0.25, 0.3) is 0 Å². The Kier molecular flexibility index (Phi) is 2.51. The van der Waals surface area contributed by atoms with Gasteiger partial charge in [-0.3, -0.25) is 0 Å². The minimum atomic E-state index is -0.383. The lowest BCUT2D eigenvalue weighted by molar-refractivity contribution is -0.0437. The maximum atomic E-state index is 5.75. The van der Waals surface area contributed by atoms with Crippen LogP contribution in [-0.2, 0) is 9.47 Å². The number of methoxy groups -OCH3 is 1. The minimum Gasteiger partial charge on any atom is -0.481 e. The van der Waals surface area contributed by atoms with E-state index in [4.69, 9.17) is 19.9 Å². The first-order chi connectivity index (χ1) is 6.81. The molecular formula is C9H12N2O3. The van der Waals surface area contributed by atoms with Crippen LogP contribution in [0.1, 0.15) is 11.9 Å². The van der Waals surface area contributed by atoms with Crippen LogP contribution < -0.4 is 10.5 Å². The van der Waals surface area contributed by atoms with Crippen molar-refractivity contribution in [3.63, 3.8) is 0 Å². The van der Waals surface area contributed by atoms with Gasteiger partial charge in [0.1, 0.15) is 0 Å². The van der Waals surface area contributed by atoms with Gasteiger partial charge in [0, 0.05) is 11.6 Å². The van der Waals surface area contributed by atoms with E-state index in [1.165, 1.54) is 0 Å². The Bertz CT molecular complexity index is 324. The molecule has 1 aliphatic rings. The van der Waals surface area contributed by atoms with Crippen molar-refractivity contribution in [2.75, 3.05) is 26.1 Å². The Morgan fingerprint density at radius 3 is 2.86 bits per heavy atom. The Hall–Kier alpha value is -1.33. The molecule has 0 aliphatic carbocycles. The molecule has 0 spiro atoms. The van der Waals surface area contributed by atoms with Crippen LogP contribution in [0.15, 0.2) is 12.3 Å². The number of anilines is 1. The molecule has 1 aromatic heterocycles. The van der Waals surface area contributed by atoms with E-state index in [1.54, 1.807) is 19.4 Å². The summed E-state index contributed by atoms with van der Waals surface area (Å²) in [6.45, 7) is 1.18. The predicted molar refractivity (Wildman–Crippen MR) is 49.8 cm³/mol. The third kappa shape index (κ3) is 1.64. The highest BCUT2D eigenvalue weighted by atomic mass is 16.7. The molecule has 0 unspecified atom stereocenters. The first kappa shape index (κ1) is 9.23. The molecule has 1 aromatic rings. The van der Waals surface area contributed by atoms with E-state index in [0.717, 1.165) is 5.56 Å². The van der Waals surface area contributed by atoms with Gasteiger partial charge in [0.05, 0.1) is 32.2 Å². The van der Waals surface area contributed by atoms with E-state index >= 15 is 0 Å². The number of rotatable bonds is 2. The Labute approximate surface area is 81.8 Å². The van der Waals surface area contributed by atoms with Gasteiger partial charge in [0.2, 0.25) is 5.88 Å². The molecule has 2 N–H and O–H groups in total. The summed E-state index contributed by atoms with van der Waals surface area (Å²) in [7, 11) is 1.55. The number of hydrogen-bond acceptors (Lipinski definition) is 5. The zero-order valence-corrected chi connectivity index (χ0v) is 7.90. The van der Waals surface area contributed by atoms with Gasteiger partial charge < -0.3 is 19.9 Å². The third-order valence-electron chi connectivity index (χ3n) is 2.03. The quantitative estimate of drug-likeness (QED) is 0.754. The van der Waals surface area contributed by atoms with Crippen molar-refractivity contribution < 1.29 is 14.2 Å². The van der Waals surface area contributed by atoms with E-state index in [-0.39, 0.29) is 6.29 Å². The SMILES string of the molecule is COc1cc(C2OCCO2)c(N)cn1. The van der Waals surface area contributed by atoms with Crippen LogP contribution >= 0.6 is 0 Å². The standard InChI is InChI=1S/C9H12N2O3/c1-12-8-4-6(7(10)5-11-8)9-13-2-3-14-9/h4-5,9H,2-3,10H2,1H3. The Morgan fingerprint density at radius 1 is 1.50 bits per heavy atom. The summed E-state index contributed by atoms with van der Waals surface area (Å²) >= 11 is 0. The van der Waals surface area contributed by atoms with Crippen molar-refractivity contribution in [2.24, 2.45) is 0 Å². The molecule has 1 fully saturated rings. The largest absolute Gasteiger partial charge is 0.481 e. The molecule has 1 aliphatic heterocycles. The molecule has 0 radical (unpaired) electrons. The number of nitrogens with two attached hydrogens (primary N) is 1. The molecule has 76 valence electrons. The lowest BCUT2D eigenvalue weighted by Crippen LogP contribution is -2.04. The number of hydrogen-bond donors (Lipinski definition) is 1. The summed E-state index contributed by atoms with van der Waals surface area (Å²) in [6.07, 6.45) is 1.16. The van der Waals surface area contributed by atoms with Crippen LogP contribution in [0.4, 0.5) is 5.69 Å². The maximum Gasteiger partial charge on any atom is 0.213 e. The van der Waals surface area contributed by atoms with Crippen LogP contribution in [0.25, 0.3) is 0 Å². The van der Waals surface area contributed by atoms with Gasteiger partial charge in [0.15, 0.2) is 6.29 Å². The second-order valence-corrected chi connectivity index (χ2v) is 2.93. The molecule has 5 nitrogen and oxygen atoms in total. The lowest BCUT2D eigenvalue weighted by Gasteiger charge is -2.12.